The van der Waals surface area contributed by atoms with Crippen LogP contribution in [0.4, 0.5) is 11.4 Å². The molecule has 0 fully saturated rings. The average molecular weight is 363 g/mol. The number of nitrogens with one attached hydrogen (secondary N) is 1. The van der Waals surface area contributed by atoms with E-state index in [1.807, 2.05) is 0 Å². The number of hydrogen-bond acceptors (Lipinski definition) is 4. The largest absolute Gasteiger partial charge is 0.497 e. The first-order valence-electron chi connectivity index (χ1n) is 7.50. The number of ether oxygens (including phenoxy) is 2. The van der Waals surface area contributed by atoms with Gasteiger partial charge in [-0.15, -0.1) is 0 Å². The predicted molar refractivity (Wildman–Crippen MR) is 97.7 cm³/mol. The monoisotopic (exact) mass is 362 g/mol. The van der Waals surface area contributed by atoms with Crippen LogP contribution in [0.25, 0.3) is 0 Å². The Bertz CT molecular complexity index is 779. The van der Waals surface area contributed by atoms with Crippen molar-refractivity contribution in [2.45, 2.75) is 6.92 Å². The molecule has 6 nitrogen and oxygen atoms in total. The molecule has 0 aromatic heterocycles. The van der Waals surface area contributed by atoms with E-state index in [1.165, 1.54) is 26.0 Å². The van der Waals surface area contributed by atoms with E-state index in [4.69, 9.17) is 21.1 Å². The summed E-state index contributed by atoms with van der Waals surface area (Å²) in [6, 6.07) is 11.9. The second-order valence-corrected chi connectivity index (χ2v) is 5.58. The Kier molecular flexibility index (Phi) is 6.25. The van der Waals surface area contributed by atoms with Crippen molar-refractivity contribution in [1.82, 2.24) is 0 Å². The summed E-state index contributed by atoms with van der Waals surface area (Å²) in [6.07, 6.45) is 0. The van der Waals surface area contributed by atoms with Gasteiger partial charge in [-0.2, -0.15) is 0 Å². The van der Waals surface area contributed by atoms with Gasteiger partial charge in [-0.3, -0.25) is 9.59 Å². The molecule has 0 unspecified atom stereocenters. The fourth-order valence-corrected chi connectivity index (χ4v) is 2.52. The summed E-state index contributed by atoms with van der Waals surface area (Å²) in [5.41, 5.74) is 0.930. The Morgan fingerprint density at radius 1 is 1.12 bits per heavy atom. The van der Waals surface area contributed by atoms with Crippen molar-refractivity contribution in [2.75, 3.05) is 31.0 Å². The van der Waals surface area contributed by atoms with Crippen LogP contribution in [0.5, 0.6) is 11.5 Å². The number of carbonyl (C=O) groups excluding carboxylic acids is 2. The lowest BCUT2D eigenvalue weighted by atomic mass is 10.2. The molecule has 0 aliphatic heterocycles. The fraction of sp³-hybridized carbons (Fsp3) is 0.222. The van der Waals surface area contributed by atoms with Crippen molar-refractivity contribution in [3.8, 4) is 11.5 Å². The van der Waals surface area contributed by atoms with Gasteiger partial charge in [-0.05, 0) is 24.3 Å². The van der Waals surface area contributed by atoms with Gasteiger partial charge < -0.3 is 19.7 Å². The topological polar surface area (TPSA) is 67.9 Å². The number of amides is 2. The maximum atomic E-state index is 12.4. The minimum atomic E-state index is -0.387. The average Bonchev–Trinajstić information content (AvgIpc) is 2.60. The van der Waals surface area contributed by atoms with Crippen LogP contribution in [-0.2, 0) is 9.59 Å². The Hall–Kier alpha value is -2.73. The molecule has 2 amide bonds. The minimum absolute atomic E-state index is 0.181. The van der Waals surface area contributed by atoms with Crippen LogP contribution in [0.2, 0.25) is 5.02 Å². The Balaban J connectivity index is 2.20. The number of para-hydroxylation sites is 1. The normalized spacial score (nSPS) is 10.1. The number of anilines is 2. The molecule has 0 aliphatic carbocycles. The van der Waals surface area contributed by atoms with Crippen LogP contribution < -0.4 is 19.7 Å². The van der Waals surface area contributed by atoms with Gasteiger partial charge in [0.25, 0.3) is 0 Å². The summed E-state index contributed by atoms with van der Waals surface area (Å²) < 4.78 is 10.4. The van der Waals surface area contributed by atoms with Crippen LogP contribution in [0.3, 0.4) is 0 Å². The minimum Gasteiger partial charge on any atom is -0.497 e. The first-order chi connectivity index (χ1) is 12.0. The zero-order valence-electron chi connectivity index (χ0n) is 14.2. The van der Waals surface area contributed by atoms with Crippen molar-refractivity contribution >= 4 is 34.8 Å². The summed E-state index contributed by atoms with van der Waals surface area (Å²) >= 11 is 6.13. The van der Waals surface area contributed by atoms with E-state index in [0.717, 1.165) is 0 Å². The molecular formula is C18H19ClN2O4. The standard InChI is InChI=1S/C18H19ClN2O4/c1-12(22)21(16-7-5-4-6-14(16)19)11-18(23)20-15-10-13(24-2)8-9-17(15)25-3/h4-10H,11H2,1-3H3,(H,20,23). The third-order valence-electron chi connectivity index (χ3n) is 3.51. The third kappa shape index (κ3) is 4.64. The summed E-state index contributed by atoms with van der Waals surface area (Å²) in [5, 5.41) is 3.12. The van der Waals surface area contributed by atoms with E-state index in [2.05, 4.69) is 5.32 Å². The van der Waals surface area contributed by atoms with Crippen molar-refractivity contribution in [1.29, 1.82) is 0 Å². The van der Waals surface area contributed by atoms with Crippen LogP contribution >= 0.6 is 11.6 Å². The van der Waals surface area contributed by atoms with Crippen LogP contribution in [0, 0.1) is 0 Å². The molecule has 0 spiro atoms. The molecule has 25 heavy (non-hydrogen) atoms. The van der Waals surface area contributed by atoms with E-state index < -0.39 is 0 Å². The lowest BCUT2D eigenvalue weighted by molar-refractivity contribution is -0.120. The fourth-order valence-electron chi connectivity index (χ4n) is 2.28. The van der Waals surface area contributed by atoms with Gasteiger partial charge >= 0.3 is 0 Å². The van der Waals surface area contributed by atoms with Gasteiger partial charge in [0, 0.05) is 13.0 Å². The van der Waals surface area contributed by atoms with Gasteiger partial charge in [0.1, 0.15) is 18.0 Å². The van der Waals surface area contributed by atoms with Crippen molar-refractivity contribution < 1.29 is 19.1 Å². The molecule has 0 radical (unpaired) electrons. The zero-order valence-corrected chi connectivity index (χ0v) is 15.0. The summed E-state index contributed by atoms with van der Waals surface area (Å²) in [6.45, 7) is 1.20. The van der Waals surface area contributed by atoms with Gasteiger partial charge in [0.2, 0.25) is 11.8 Å². The highest BCUT2D eigenvalue weighted by Gasteiger charge is 2.19. The van der Waals surface area contributed by atoms with Crippen molar-refractivity contribution in [3.63, 3.8) is 0 Å². The molecule has 0 atom stereocenters. The Morgan fingerprint density at radius 3 is 2.44 bits per heavy atom. The Morgan fingerprint density at radius 2 is 1.84 bits per heavy atom. The van der Waals surface area contributed by atoms with E-state index >= 15 is 0 Å². The quantitative estimate of drug-likeness (QED) is 0.855. The highest BCUT2D eigenvalue weighted by atomic mass is 35.5. The molecule has 1 N–H and O–H groups in total. The second kappa shape index (κ2) is 8.39. The van der Waals surface area contributed by atoms with Crippen molar-refractivity contribution in [2.24, 2.45) is 0 Å². The molecule has 7 heteroatoms. The van der Waals surface area contributed by atoms with Crippen LogP contribution in [-0.4, -0.2) is 32.6 Å². The molecular weight excluding hydrogens is 344 g/mol. The van der Waals surface area contributed by atoms with Gasteiger partial charge in [0.05, 0.1) is 30.6 Å². The van der Waals surface area contributed by atoms with E-state index in [0.29, 0.717) is 27.9 Å². The molecule has 132 valence electrons. The zero-order chi connectivity index (χ0) is 18.4. The van der Waals surface area contributed by atoms with Gasteiger partial charge in [-0.25, -0.2) is 0 Å². The van der Waals surface area contributed by atoms with E-state index in [-0.39, 0.29) is 18.4 Å². The lowest BCUT2D eigenvalue weighted by Gasteiger charge is -2.22. The lowest BCUT2D eigenvalue weighted by Crippen LogP contribution is -2.36. The second-order valence-electron chi connectivity index (χ2n) is 5.17. The number of nitrogens with zero attached hydrogens (tertiary/aromatic N) is 1. The van der Waals surface area contributed by atoms with E-state index in [1.54, 1.807) is 42.5 Å². The molecule has 2 aromatic carbocycles. The van der Waals surface area contributed by atoms with Crippen LogP contribution in [0.15, 0.2) is 42.5 Å². The SMILES string of the molecule is COc1ccc(OC)c(NC(=O)CN(C(C)=O)c2ccccc2Cl)c1. The van der Waals surface area contributed by atoms with Gasteiger partial charge in [-0.1, -0.05) is 23.7 Å². The maximum absolute atomic E-state index is 12.4. The Labute approximate surface area is 151 Å². The molecule has 0 saturated heterocycles. The number of hydrogen-bond donors (Lipinski definition) is 1. The molecule has 0 aliphatic rings. The van der Waals surface area contributed by atoms with Crippen molar-refractivity contribution in [3.05, 3.63) is 47.5 Å². The molecule has 2 rings (SSSR count). The highest BCUT2D eigenvalue weighted by Crippen LogP contribution is 2.29. The molecule has 0 bridgehead atoms. The molecule has 0 saturated carbocycles. The predicted octanol–water partition coefficient (Wildman–Crippen LogP) is 3.35. The summed E-state index contributed by atoms with van der Waals surface area (Å²) in [7, 11) is 3.03. The smallest absolute Gasteiger partial charge is 0.244 e. The molecule has 0 heterocycles. The van der Waals surface area contributed by atoms with Gasteiger partial charge in [0.15, 0.2) is 0 Å². The highest BCUT2D eigenvalue weighted by molar-refractivity contribution is 6.33. The summed E-state index contributed by atoms with van der Waals surface area (Å²) in [5.74, 6) is 0.384. The molecule has 2 aromatic rings. The number of methoxy groups -OCH3 is 2. The summed E-state index contributed by atoms with van der Waals surface area (Å²) in [4.78, 5) is 25.7. The maximum Gasteiger partial charge on any atom is 0.244 e. The number of carbonyl (C=O) groups is 2. The first-order valence-corrected chi connectivity index (χ1v) is 7.88. The first kappa shape index (κ1) is 18.6. The number of benzene rings is 2. The third-order valence-corrected chi connectivity index (χ3v) is 3.83. The number of rotatable bonds is 6. The number of halogens is 1. The van der Waals surface area contributed by atoms with E-state index in [9.17, 15) is 9.59 Å². The van der Waals surface area contributed by atoms with Crippen LogP contribution in [0.1, 0.15) is 6.92 Å².